The summed E-state index contributed by atoms with van der Waals surface area (Å²) in [5, 5.41) is 23.0. The molecule has 1 aromatic rings. The summed E-state index contributed by atoms with van der Waals surface area (Å²) in [5.41, 5.74) is -3.48. The second-order valence-electron chi connectivity index (χ2n) is 12.0. The molecular weight excluding hydrogens is 544 g/mol. The first-order chi connectivity index (χ1) is 19.7. The summed E-state index contributed by atoms with van der Waals surface area (Å²) in [5.74, 6) is -4.15. The molecule has 3 fully saturated rings. The van der Waals surface area contributed by atoms with E-state index in [1.54, 1.807) is 44.2 Å². The maximum atomic E-state index is 14.8. The minimum atomic E-state index is -1.77. The number of rotatable bonds is 6. The summed E-state index contributed by atoms with van der Waals surface area (Å²) in [6, 6.07) is 8.23. The standard InChI is InChI=1S/C32H36O10/c1-7-23(36)42-32-15-39-22(32)13-21(35)30(6)26(32)28(41-29(38)19-11-9-8-10-12-19)31(16(2)3)14-20(34)17(4)24(31)25(27(30)37)40-18(5)33/h7-12,20-22,25-26,28,34-35H,1-2,13-15H2,3-6H3/t20-,21-,22+,25+,26-,28-,30+,31-,32-/m0/s1. The predicted molar refractivity (Wildman–Crippen MR) is 148 cm³/mol. The quantitative estimate of drug-likeness (QED) is 0.223. The zero-order chi connectivity index (χ0) is 30.8. The summed E-state index contributed by atoms with van der Waals surface area (Å²) in [6.45, 7) is 13.6. The predicted octanol–water partition coefficient (Wildman–Crippen LogP) is 2.62. The first kappa shape index (κ1) is 29.9. The van der Waals surface area contributed by atoms with Crippen molar-refractivity contribution in [1.82, 2.24) is 0 Å². The van der Waals surface area contributed by atoms with E-state index >= 15 is 0 Å². The minimum absolute atomic E-state index is 0.0546. The van der Waals surface area contributed by atoms with Gasteiger partial charge >= 0.3 is 17.9 Å². The molecule has 0 radical (unpaired) electrons. The fraction of sp³-hybridized carbons (Fsp3) is 0.500. The Morgan fingerprint density at radius 3 is 2.33 bits per heavy atom. The molecule has 2 N–H and O–H groups in total. The van der Waals surface area contributed by atoms with Gasteiger partial charge in [-0.1, -0.05) is 36.9 Å². The van der Waals surface area contributed by atoms with Gasteiger partial charge in [0.25, 0.3) is 0 Å². The third kappa shape index (κ3) is 4.03. The maximum Gasteiger partial charge on any atom is 0.338 e. The fourth-order valence-corrected chi connectivity index (χ4v) is 7.72. The van der Waals surface area contributed by atoms with Crippen LogP contribution in [-0.4, -0.2) is 76.6 Å². The van der Waals surface area contributed by atoms with Gasteiger partial charge in [-0.05, 0) is 50.5 Å². The Labute approximate surface area is 244 Å². The van der Waals surface area contributed by atoms with Crippen molar-refractivity contribution in [3.8, 4) is 0 Å². The van der Waals surface area contributed by atoms with Crippen molar-refractivity contribution in [3.63, 3.8) is 0 Å². The molecule has 4 aliphatic rings. The smallest absolute Gasteiger partial charge is 0.338 e. The zero-order valence-corrected chi connectivity index (χ0v) is 24.1. The lowest BCUT2D eigenvalue weighted by Crippen LogP contribution is -2.77. The lowest BCUT2D eigenvalue weighted by atomic mass is 9.51. The first-order valence-electron chi connectivity index (χ1n) is 13.9. The Morgan fingerprint density at radius 1 is 1.12 bits per heavy atom. The molecule has 9 atom stereocenters. The van der Waals surface area contributed by atoms with Crippen LogP contribution in [0.15, 0.2) is 66.3 Å². The van der Waals surface area contributed by atoms with Crippen molar-refractivity contribution in [1.29, 1.82) is 0 Å². The van der Waals surface area contributed by atoms with Crippen molar-refractivity contribution in [3.05, 3.63) is 71.8 Å². The topological polar surface area (TPSA) is 146 Å². The van der Waals surface area contributed by atoms with Crippen molar-refractivity contribution in [2.24, 2.45) is 16.7 Å². The summed E-state index contributed by atoms with van der Waals surface area (Å²) in [6.07, 6.45) is -5.30. The van der Waals surface area contributed by atoms with Gasteiger partial charge in [0.05, 0.1) is 41.1 Å². The molecule has 0 spiro atoms. The number of ether oxygens (including phenoxy) is 4. The molecule has 0 unspecified atom stereocenters. The zero-order valence-electron chi connectivity index (χ0n) is 24.1. The molecule has 2 saturated carbocycles. The molecule has 10 nitrogen and oxygen atoms in total. The highest BCUT2D eigenvalue weighted by molar-refractivity contribution is 5.96. The number of hydrogen-bond acceptors (Lipinski definition) is 10. The van der Waals surface area contributed by atoms with Crippen LogP contribution in [0.25, 0.3) is 0 Å². The molecule has 3 aliphatic carbocycles. The van der Waals surface area contributed by atoms with Crippen LogP contribution in [0.1, 0.15) is 50.9 Å². The van der Waals surface area contributed by atoms with E-state index in [-0.39, 0.29) is 30.6 Å². The number of ketones is 1. The van der Waals surface area contributed by atoms with E-state index in [2.05, 4.69) is 13.2 Å². The van der Waals surface area contributed by atoms with Gasteiger partial charge in [-0.25, -0.2) is 9.59 Å². The van der Waals surface area contributed by atoms with Crippen molar-refractivity contribution in [2.45, 2.75) is 76.7 Å². The van der Waals surface area contributed by atoms with Crippen LogP contribution in [0, 0.1) is 16.7 Å². The Kier molecular flexibility index (Phi) is 7.32. The van der Waals surface area contributed by atoms with Gasteiger partial charge in [0, 0.05) is 19.4 Å². The van der Waals surface area contributed by atoms with Crippen molar-refractivity contribution in [2.75, 3.05) is 6.61 Å². The van der Waals surface area contributed by atoms with Gasteiger partial charge in [-0.3, -0.25) is 9.59 Å². The van der Waals surface area contributed by atoms with E-state index < -0.39 is 76.6 Å². The molecule has 0 bridgehead atoms. The second kappa shape index (κ2) is 10.3. The molecule has 42 heavy (non-hydrogen) atoms. The highest BCUT2D eigenvalue weighted by Gasteiger charge is 2.78. The summed E-state index contributed by atoms with van der Waals surface area (Å²) in [7, 11) is 0. The average molecular weight is 581 g/mol. The largest absolute Gasteiger partial charge is 0.457 e. The molecule has 1 aromatic carbocycles. The van der Waals surface area contributed by atoms with E-state index in [1.165, 1.54) is 6.92 Å². The highest BCUT2D eigenvalue weighted by Crippen LogP contribution is 2.66. The number of carbonyl (C=O) groups excluding carboxylic acids is 4. The number of fused-ring (bicyclic) bond motifs is 4. The second-order valence-corrected chi connectivity index (χ2v) is 12.0. The maximum absolute atomic E-state index is 14.8. The molecular formula is C32H36O10. The fourth-order valence-electron chi connectivity index (χ4n) is 7.72. The molecule has 1 heterocycles. The number of esters is 3. The summed E-state index contributed by atoms with van der Waals surface area (Å²) < 4.78 is 23.9. The Bertz CT molecular complexity index is 1400. The van der Waals surface area contributed by atoms with E-state index in [9.17, 15) is 29.4 Å². The van der Waals surface area contributed by atoms with Crippen LogP contribution in [0.2, 0.25) is 0 Å². The van der Waals surface area contributed by atoms with Gasteiger partial charge in [-0.15, -0.1) is 0 Å². The first-order valence-corrected chi connectivity index (χ1v) is 13.9. The van der Waals surface area contributed by atoms with Gasteiger partial charge in [0.15, 0.2) is 17.5 Å². The van der Waals surface area contributed by atoms with E-state index in [0.29, 0.717) is 11.1 Å². The van der Waals surface area contributed by atoms with Gasteiger partial charge in [0.1, 0.15) is 12.2 Å². The van der Waals surface area contributed by atoms with Gasteiger partial charge in [-0.2, -0.15) is 0 Å². The average Bonchev–Trinajstić information content (AvgIpc) is 3.19. The monoisotopic (exact) mass is 580 g/mol. The highest BCUT2D eigenvalue weighted by atomic mass is 16.6. The lowest BCUT2D eigenvalue weighted by molar-refractivity contribution is -0.331. The number of aliphatic hydroxyl groups is 2. The Morgan fingerprint density at radius 2 is 1.79 bits per heavy atom. The van der Waals surface area contributed by atoms with E-state index in [1.807, 2.05) is 0 Å². The number of aliphatic hydroxyl groups excluding tert-OH is 2. The third-order valence-corrected chi connectivity index (χ3v) is 9.84. The van der Waals surface area contributed by atoms with Crippen LogP contribution in [0.5, 0.6) is 0 Å². The van der Waals surface area contributed by atoms with Crippen molar-refractivity contribution >= 4 is 23.7 Å². The minimum Gasteiger partial charge on any atom is -0.457 e. The van der Waals surface area contributed by atoms with E-state index in [0.717, 1.165) is 13.0 Å². The van der Waals surface area contributed by atoms with E-state index in [4.69, 9.17) is 18.9 Å². The molecule has 10 heteroatoms. The van der Waals surface area contributed by atoms with Crippen molar-refractivity contribution < 1.29 is 48.3 Å². The SMILES string of the molecule is C=CC(=O)O[C@@]12CO[C@@H]1C[C@H](O)[C@@]1(C)C(=O)[C@H](OC(C)=O)C3=C(C)[C@@H](O)C[C@@]3(C(=C)C)[C@@H](OC(=O)c3ccccc3)[C@H]21. The molecule has 5 rings (SSSR count). The van der Waals surface area contributed by atoms with Crippen LogP contribution < -0.4 is 0 Å². The molecule has 0 aromatic heterocycles. The van der Waals surface area contributed by atoms with Crippen LogP contribution >= 0.6 is 0 Å². The number of carbonyl (C=O) groups is 4. The van der Waals surface area contributed by atoms with Gasteiger partial charge < -0.3 is 29.2 Å². The molecule has 0 amide bonds. The third-order valence-electron chi connectivity index (χ3n) is 9.84. The van der Waals surface area contributed by atoms with Crippen LogP contribution in [-0.2, 0) is 33.3 Å². The van der Waals surface area contributed by atoms with Crippen LogP contribution in [0.3, 0.4) is 0 Å². The number of hydrogen-bond donors (Lipinski definition) is 2. The molecule has 224 valence electrons. The Hall–Kier alpha value is -3.60. The molecule has 1 saturated heterocycles. The molecule has 1 aliphatic heterocycles. The number of Topliss-reactive ketones (excluding diaryl/α,β-unsaturated/α-hetero) is 1. The lowest BCUT2D eigenvalue weighted by Gasteiger charge is -2.63. The normalized spacial score (nSPS) is 38.6. The van der Waals surface area contributed by atoms with Gasteiger partial charge in [0.2, 0.25) is 0 Å². The number of benzene rings is 1. The Balaban J connectivity index is 1.85. The van der Waals surface area contributed by atoms with Crippen LogP contribution in [0.4, 0.5) is 0 Å². The summed E-state index contributed by atoms with van der Waals surface area (Å²) in [4.78, 5) is 53.8. The summed E-state index contributed by atoms with van der Waals surface area (Å²) >= 11 is 0.